The van der Waals surface area contributed by atoms with Crippen LogP contribution in [0.15, 0.2) is 46.9 Å². The van der Waals surface area contributed by atoms with Gasteiger partial charge in [-0.1, -0.05) is 12.1 Å². The third-order valence-corrected chi connectivity index (χ3v) is 3.14. The van der Waals surface area contributed by atoms with Crippen LogP contribution < -0.4 is 15.8 Å². The summed E-state index contributed by atoms with van der Waals surface area (Å²) in [6, 6.07) is 10.9. The van der Waals surface area contributed by atoms with Crippen LogP contribution in [0.5, 0.6) is 5.75 Å². The van der Waals surface area contributed by atoms with E-state index in [1.54, 1.807) is 24.3 Å². The maximum absolute atomic E-state index is 12.9. The van der Waals surface area contributed by atoms with Crippen molar-refractivity contribution >= 4 is 33.2 Å². The van der Waals surface area contributed by atoms with Crippen molar-refractivity contribution in [1.29, 1.82) is 0 Å². The van der Waals surface area contributed by atoms with Crippen LogP contribution in [0.3, 0.4) is 0 Å². The van der Waals surface area contributed by atoms with Crippen LogP contribution in [0, 0.1) is 5.82 Å². The number of halogens is 2. The number of para-hydroxylation sites is 2. The number of rotatable bonds is 4. The maximum atomic E-state index is 12.9. The quantitative estimate of drug-likeness (QED) is 0.841. The van der Waals surface area contributed by atoms with Crippen molar-refractivity contribution in [1.82, 2.24) is 0 Å². The van der Waals surface area contributed by atoms with Crippen molar-refractivity contribution in [3.05, 3.63) is 52.8 Å². The normalized spacial score (nSPS) is 10.1. The van der Waals surface area contributed by atoms with Crippen molar-refractivity contribution < 1.29 is 13.9 Å². The van der Waals surface area contributed by atoms with E-state index in [9.17, 15) is 9.18 Å². The van der Waals surface area contributed by atoms with E-state index in [0.29, 0.717) is 21.6 Å². The third kappa shape index (κ3) is 3.71. The number of ether oxygens (including phenoxy) is 1. The number of nitrogens with two attached hydrogens (primary N) is 1. The number of nitrogen functional groups attached to an aromatic ring is 1. The number of benzene rings is 2. The van der Waals surface area contributed by atoms with Crippen LogP contribution in [0.25, 0.3) is 0 Å². The lowest BCUT2D eigenvalue weighted by atomic mass is 10.3. The van der Waals surface area contributed by atoms with Gasteiger partial charge in [0, 0.05) is 4.47 Å². The minimum atomic E-state index is -0.386. The van der Waals surface area contributed by atoms with E-state index in [-0.39, 0.29) is 18.3 Å². The molecule has 0 aliphatic heterocycles. The van der Waals surface area contributed by atoms with Crippen molar-refractivity contribution in [2.24, 2.45) is 0 Å². The van der Waals surface area contributed by atoms with Crippen molar-refractivity contribution in [2.45, 2.75) is 0 Å². The first kappa shape index (κ1) is 14.3. The molecular formula is C14H12BrFN2O2. The van der Waals surface area contributed by atoms with Gasteiger partial charge in [-0.3, -0.25) is 4.79 Å². The fourth-order valence-electron chi connectivity index (χ4n) is 1.53. The van der Waals surface area contributed by atoms with Gasteiger partial charge in [0.15, 0.2) is 6.61 Å². The Morgan fingerprint density at radius 2 is 2.05 bits per heavy atom. The average Bonchev–Trinajstić information content (AvgIpc) is 2.41. The van der Waals surface area contributed by atoms with Gasteiger partial charge in [-0.15, -0.1) is 0 Å². The fraction of sp³-hybridized carbons (Fsp3) is 0.0714. The average molecular weight is 339 g/mol. The summed E-state index contributed by atoms with van der Waals surface area (Å²) in [5, 5.41) is 2.61. The molecule has 2 aromatic rings. The molecule has 1 amide bonds. The van der Waals surface area contributed by atoms with Crippen LogP contribution >= 0.6 is 15.9 Å². The molecule has 6 heteroatoms. The van der Waals surface area contributed by atoms with Crippen molar-refractivity contribution in [2.75, 3.05) is 17.7 Å². The molecule has 0 atom stereocenters. The predicted octanol–water partition coefficient (Wildman–Crippen LogP) is 3.19. The molecule has 0 unspecified atom stereocenters. The molecule has 0 bridgehead atoms. The van der Waals surface area contributed by atoms with E-state index >= 15 is 0 Å². The molecule has 104 valence electrons. The molecule has 0 saturated carbocycles. The van der Waals surface area contributed by atoms with Crippen LogP contribution in [0.2, 0.25) is 0 Å². The Kier molecular flexibility index (Phi) is 4.57. The Hall–Kier alpha value is -2.08. The second-order valence-corrected chi connectivity index (χ2v) is 4.85. The highest BCUT2D eigenvalue weighted by Gasteiger charge is 2.08. The van der Waals surface area contributed by atoms with Gasteiger partial charge in [0.05, 0.1) is 11.4 Å². The van der Waals surface area contributed by atoms with Crippen LogP contribution in [0.4, 0.5) is 15.8 Å². The molecule has 0 aliphatic rings. The Morgan fingerprint density at radius 3 is 2.75 bits per heavy atom. The van der Waals surface area contributed by atoms with E-state index in [1.807, 2.05) is 0 Å². The van der Waals surface area contributed by atoms with Gasteiger partial charge in [-0.25, -0.2) is 4.39 Å². The molecule has 0 aliphatic carbocycles. The summed E-state index contributed by atoms with van der Waals surface area (Å²) < 4.78 is 18.7. The number of hydrogen-bond acceptors (Lipinski definition) is 3. The highest BCUT2D eigenvalue weighted by Crippen LogP contribution is 2.23. The standard InChI is InChI=1S/C14H12BrFN2O2/c15-10-7-9(16)5-6-12(10)18-14(19)8-20-13-4-2-1-3-11(13)17/h1-7H,8,17H2,(H,18,19). The highest BCUT2D eigenvalue weighted by atomic mass is 79.9. The van der Waals surface area contributed by atoms with Crippen LogP contribution in [-0.4, -0.2) is 12.5 Å². The smallest absolute Gasteiger partial charge is 0.262 e. The predicted molar refractivity (Wildman–Crippen MR) is 79.1 cm³/mol. The summed E-state index contributed by atoms with van der Waals surface area (Å²) in [6.45, 7) is -0.183. The summed E-state index contributed by atoms with van der Waals surface area (Å²) in [5.41, 5.74) is 6.63. The SMILES string of the molecule is Nc1ccccc1OCC(=O)Nc1ccc(F)cc1Br. The number of nitrogens with one attached hydrogen (secondary N) is 1. The largest absolute Gasteiger partial charge is 0.482 e. The molecule has 4 nitrogen and oxygen atoms in total. The monoisotopic (exact) mass is 338 g/mol. The number of anilines is 2. The Balaban J connectivity index is 1.94. The Labute approximate surface area is 123 Å². The van der Waals surface area contributed by atoms with E-state index < -0.39 is 0 Å². The number of carbonyl (C=O) groups excluding carboxylic acids is 1. The lowest BCUT2D eigenvalue weighted by Gasteiger charge is -2.10. The summed E-state index contributed by atoms with van der Waals surface area (Å²) in [5.74, 6) is -0.301. The molecule has 2 rings (SSSR count). The summed E-state index contributed by atoms with van der Waals surface area (Å²) in [7, 11) is 0. The summed E-state index contributed by atoms with van der Waals surface area (Å²) >= 11 is 3.17. The number of amides is 1. The summed E-state index contributed by atoms with van der Waals surface area (Å²) in [4.78, 5) is 11.7. The van der Waals surface area contributed by atoms with E-state index in [4.69, 9.17) is 10.5 Å². The van der Waals surface area contributed by atoms with E-state index in [2.05, 4.69) is 21.2 Å². The first-order chi connectivity index (χ1) is 9.56. The zero-order chi connectivity index (χ0) is 14.5. The Morgan fingerprint density at radius 1 is 1.30 bits per heavy atom. The molecule has 2 aromatic carbocycles. The molecule has 0 heterocycles. The highest BCUT2D eigenvalue weighted by molar-refractivity contribution is 9.10. The third-order valence-electron chi connectivity index (χ3n) is 2.48. The van der Waals surface area contributed by atoms with Gasteiger partial charge in [0.2, 0.25) is 0 Å². The second kappa shape index (κ2) is 6.38. The molecule has 0 fully saturated rings. The van der Waals surface area contributed by atoms with Crippen molar-refractivity contribution in [3.63, 3.8) is 0 Å². The zero-order valence-electron chi connectivity index (χ0n) is 10.4. The first-order valence-electron chi connectivity index (χ1n) is 5.78. The van der Waals surface area contributed by atoms with Crippen LogP contribution in [-0.2, 0) is 4.79 Å². The Bertz CT molecular complexity index is 634. The molecular weight excluding hydrogens is 327 g/mol. The van der Waals surface area contributed by atoms with Crippen molar-refractivity contribution in [3.8, 4) is 5.75 Å². The van der Waals surface area contributed by atoms with E-state index in [0.717, 1.165) is 0 Å². The minimum Gasteiger partial charge on any atom is -0.482 e. The molecule has 0 saturated heterocycles. The van der Waals surface area contributed by atoms with E-state index in [1.165, 1.54) is 18.2 Å². The molecule has 0 radical (unpaired) electrons. The van der Waals surface area contributed by atoms with Gasteiger partial charge in [-0.2, -0.15) is 0 Å². The molecule has 0 aromatic heterocycles. The topological polar surface area (TPSA) is 64.3 Å². The minimum absolute atomic E-state index is 0.183. The van der Waals surface area contributed by atoms with Gasteiger partial charge < -0.3 is 15.8 Å². The maximum Gasteiger partial charge on any atom is 0.262 e. The van der Waals surface area contributed by atoms with Gasteiger partial charge >= 0.3 is 0 Å². The molecule has 20 heavy (non-hydrogen) atoms. The zero-order valence-corrected chi connectivity index (χ0v) is 12.0. The second-order valence-electron chi connectivity index (χ2n) is 4.00. The lowest BCUT2D eigenvalue weighted by Crippen LogP contribution is -2.20. The summed E-state index contributed by atoms with van der Waals surface area (Å²) in [6.07, 6.45) is 0. The van der Waals surface area contributed by atoms with Crippen LogP contribution in [0.1, 0.15) is 0 Å². The van der Waals surface area contributed by atoms with Gasteiger partial charge in [0.1, 0.15) is 11.6 Å². The fourth-order valence-corrected chi connectivity index (χ4v) is 1.98. The number of hydrogen-bond donors (Lipinski definition) is 2. The first-order valence-corrected chi connectivity index (χ1v) is 6.58. The lowest BCUT2D eigenvalue weighted by molar-refractivity contribution is -0.118. The van der Waals surface area contributed by atoms with Gasteiger partial charge in [0.25, 0.3) is 5.91 Å². The van der Waals surface area contributed by atoms with Gasteiger partial charge in [-0.05, 0) is 46.3 Å². The number of carbonyl (C=O) groups is 1. The molecule has 0 spiro atoms. The molecule has 3 N–H and O–H groups in total.